The van der Waals surface area contributed by atoms with E-state index in [1.165, 1.54) is 4.31 Å². The van der Waals surface area contributed by atoms with E-state index in [-0.39, 0.29) is 38.5 Å². The molecule has 0 aromatic carbocycles. The summed E-state index contributed by atoms with van der Waals surface area (Å²) < 4.78 is 27.2. The highest BCUT2D eigenvalue weighted by Crippen LogP contribution is 2.33. The Morgan fingerprint density at radius 2 is 1.48 bits per heavy atom. The van der Waals surface area contributed by atoms with Gasteiger partial charge in [-0.2, -0.15) is 17.0 Å². The van der Waals surface area contributed by atoms with Gasteiger partial charge in [0.05, 0.1) is 0 Å². The summed E-state index contributed by atoms with van der Waals surface area (Å²) in [4.78, 5) is 29.5. The summed E-state index contributed by atoms with van der Waals surface area (Å²) in [5.41, 5.74) is 9.88. The van der Waals surface area contributed by atoms with E-state index < -0.39 is 46.7 Å². The van der Waals surface area contributed by atoms with Crippen LogP contribution in [-0.2, 0) is 24.6 Å². The zero-order valence-electron chi connectivity index (χ0n) is 17.4. The molecule has 2 rings (SSSR count). The molecule has 2 aliphatic rings. The number of hydrogen-bond acceptors (Lipinski definition) is 9. The fourth-order valence-electron chi connectivity index (χ4n) is 3.03. The molecule has 0 spiro atoms. The van der Waals surface area contributed by atoms with Crippen LogP contribution in [0.3, 0.4) is 0 Å². The van der Waals surface area contributed by atoms with Crippen LogP contribution in [0.4, 0.5) is 0 Å². The van der Waals surface area contributed by atoms with Crippen LogP contribution in [0.5, 0.6) is 0 Å². The SMILES string of the molecule is CC(=O)O.CC(=O)O.NC1CN(S(=O)(=O)N2C[C@H](CCCB(O)O)[C@](N)(C(=O)O)C2)C1. The third-order valence-corrected chi connectivity index (χ3v) is 6.41. The van der Waals surface area contributed by atoms with Crippen LogP contribution in [0.2, 0.25) is 6.32 Å². The molecule has 0 saturated carbocycles. The number of hydrogen-bond donors (Lipinski definition) is 7. The number of aliphatic carboxylic acids is 3. The van der Waals surface area contributed by atoms with E-state index in [0.29, 0.717) is 12.8 Å². The highest BCUT2D eigenvalue weighted by atomic mass is 32.2. The minimum atomic E-state index is -3.77. The lowest BCUT2D eigenvalue weighted by Crippen LogP contribution is -2.61. The molecule has 0 bridgehead atoms. The van der Waals surface area contributed by atoms with Crippen molar-refractivity contribution in [3.8, 4) is 0 Å². The molecular formula is C15H31BN4O10S. The van der Waals surface area contributed by atoms with Crippen LogP contribution in [0.25, 0.3) is 0 Å². The van der Waals surface area contributed by atoms with Crippen molar-refractivity contribution in [1.29, 1.82) is 0 Å². The van der Waals surface area contributed by atoms with Gasteiger partial charge in [-0.05, 0) is 12.7 Å². The summed E-state index contributed by atoms with van der Waals surface area (Å²) >= 11 is 0. The van der Waals surface area contributed by atoms with Gasteiger partial charge in [-0.25, -0.2) is 0 Å². The fourth-order valence-corrected chi connectivity index (χ4v) is 4.86. The summed E-state index contributed by atoms with van der Waals surface area (Å²) in [6, 6.07) is -0.198. The Balaban J connectivity index is 0.000000967. The summed E-state index contributed by atoms with van der Waals surface area (Å²) in [5, 5.41) is 42.0. The number of rotatable bonds is 7. The maximum Gasteiger partial charge on any atom is 0.451 e. The van der Waals surface area contributed by atoms with E-state index in [9.17, 15) is 18.3 Å². The first kappa shape index (κ1) is 29.2. The molecule has 2 heterocycles. The molecule has 2 saturated heterocycles. The Morgan fingerprint density at radius 3 is 1.84 bits per heavy atom. The highest BCUT2D eigenvalue weighted by Gasteiger charge is 2.54. The Kier molecular flexibility index (Phi) is 11.6. The van der Waals surface area contributed by atoms with Crippen molar-refractivity contribution in [3.05, 3.63) is 0 Å². The Labute approximate surface area is 180 Å². The van der Waals surface area contributed by atoms with Gasteiger partial charge in [0.25, 0.3) is 22.1 Å². The molecule has 2 atom stereocenters. The predicted octanol–water partition coefficient (Wildman–Crippen LogP) is -2.98. The maximum absolute atomic E-state index is 12.5. The molecule has 0 amide bonds. The van der Waals surface area contributed by atoms with E-state index in [4.69, 9.17) is 41.3 Å². The minimum Gasteiger partial charge on any atom is -0.481 e. The first-order chi connectivity index (χ1) is 14.0. The molecule has 2 aliphatic heterocycles. The van der Waals surface area contributed by atoms with Crippen LogP contribution in [0, 0.1) is 5.92 Å². The Bertz CT molecular complexity index is 711. The van der Waals surface area contributed by atoms with Gasteiger partial charge in [-0.3, -0.25) is 14.4 Å². The molecule has 0 radical (unpaired) electrons. The second kappa shape index (κ2) is 12.3. The molecular weight excluding hydrogens is 439 g/mol. The average Bonchev–Trinajstić information content (AvgIpc) is 2.90. The van der Waals surface area contributed by atoms with Gasteiger partial charge in [-0.15, -0.1) is 0 Å². The van der Waals surface area contributed by atoms with Gasteiger partial charge in [-0.1, -0.05) is 6.42 Å². The molecule has 180 valence electrons. The van der Waals surface area contributed by atoms with E-state index >= 15 is 0 Å². The second-order valence-corrected chi connectivity index (χ2v) is 9.30. The summed E-state index contributed by atoms with van der Waals surface area (Å²) in [6.07, 6.45) is 0.725. The lowest BCUT2D eigenvalue weighted by Gasteiger charge is -2.38. The quantitative estimate of drug-likeness (QED) is 0.184. The second-order valence-electron chi connectivity index (χ2n) is 7.37. The van der Waals surface area contributed by atoms with Crippen molar-refractivity contribution < 1.29 is 48.2 Å². The summed E-state index contributed by atoms with van der Waals surface area (Å²) in [6.45, 7) is 2.29. The zero-order valence-corrected chi connectivity index (χ0v) is 18.2. The topological polar surface area (TPSA) is 245 Å². The van der Waals surface area contributed by atoms with Crippen molar-refractivity contribution >= 4 is 35.2 Å². The molecule has 0 aromatic rings. The maximum atomic E-state index is 12.5. The Hall–Kier alpha value is -1.82. The number of carbonyl (C=O) groups is 3. The van der Waals surface area contributed by atoms with E-state index in [2.05, 4.69) is 0 Å². The van der Waals surface area contributed by atoms with Gasteiger partial charge in [0, 0.05) is 52.0 Å². The Morgan fingerprint density at radius 1 is 1.03 bits per heavy atom. The molecule has 31 heavy (non-hydrogen) atoms. The van der Waals surface area contributed by atoms with Crippen LogP contribution in [0.1, 0.15) is 26.7 Å². The van der Waals surface area contributed by atoms with Gasteiger partial charge in [0.1, 0.15) is 5.54 Å². The van der Waals surface area contributed by atoms with Gasteiger partial charge in [0.2, 0.25) is 0 Å². The van der Waals surface area contributed by atoms with Crippen molar-refractivity contribution in [3.63, 3.8) is 0 Å². The third-order valence-electron chi connectivity index (χ3n) is 4.53. The summed E-state index contributed by atoms with van der Waals surface area (Å²) in [5.74, 6) is -3.52. The van der Waals surface area contributed by atoms with E-state index in [1.807, 2.05) is 0 Å². The minimum absolute atomic E-state index is 0.00159. The number of carboxylic acids is 3. The largest absolute Gasteiger partial charge is 0.481 e. The van der Waals surface area contributed by atoms with Crippen LogP contribution < -0.4 is 11.5 Å². The molecule has 0 unspecified atom stereocenters. The fraction of sp³-hybridized carbons (Fsp3) is 0.800. The van der Waals surface area contributed by atoms with Crippen molar-refractivity contribution in [2.24, 2.45) is 17.4 Å². The molecule has 9 N–H and O–H groups in total. The first-order valence-corrected chi connectivity index (χ1v) is 10.7. The van der Waals surface area contributed by atoms with Crippen molar-refractivity contribution in [1.82, 2.24) is 8.61 Å². The van der Waals surface area contributed by atoms with Gasteiger partial charge in [0.15, 0.2) is 0 Å². The molecule has 2 fully saturated rings. The number of nitrogens with zero attached hydrogens (tertiary/aromatic N) is 2. The lowest BCUT2D eigenvalue weighted by atomic mass is 9.78. The molecule has 16 heteroatoms. The monoisotopic (exact) mass is 470 g/mol. The number of carboxylic acid groups (broad SMARTS) is 3. The molecule has 0 aromatic heterocycles. The van der Waals surface area contributed by atoms with Crippen LogP contribution in [0.15, 0.2) is 0 Å². The van der Waals surface area contributed by atoms with Crippen LogP contribution in [-0.4, -0.2) is 105 Å². The standard InChI is InChI=1S/C11H23BN4O6S.2C2H4O2/c13-9-5-15(6-9)23(21,22)16-4-8(2-1-3-12(19)20)11(14,7-16)10(17)18;2*1-2(3)4/h8-9,19-20H,1-7,13-14H2,(H,17,18);2*1H3,(H,3,4)/t8-,11-;;/m0../s1. The van der Waals surface area contributed by atoms with Crippen LogP contribution >= 0.6 is 0 Å². The first-order valence-electron chi connectivity index (χ1n) is 9.32. The predicted molar refractivity (Wildman–Crippen MR) is 109 cm³/mol. The number of nitrogens with two attached hydrogens (primary N) is 2. The summed E-state index contributed by atoms with van der Waals surface area (Å²) in [7, 11) is -5.25. The van der Waals surface area contributed by atoms with Crippen molar-refractivity contribution in [2.75, 3.05) is 26.2 Å². The van der Waals surface area contributed by atoms with E-state index in [1.54, 1.807) is 0 Å². The van der Waals surface area contributed by atoms with Gasteiger partial charge < -0.3 is 36.8 Å². The molecule has 0 aliphatic carbocycles. The van der Waals surface area contributed by atoms with E-state index in [0.717, 1.165) is 18.2 Å². The lowest BCUT2D eigenvalue weighted by molar-refractivity contribution is -0.144. The molecule has 14 nitrogen and oxygen atoms in total. The van der Waals surface area contributed by atoms with Crippen molar-refractivity contribution in [2.45, 2.75) is 44.6 Å². The smallest absolute Gasteiger partial charge is 0.451 e. The van der Waals surface area contributed by atoms with Gasteiger partial charge >= 0.3 is 13.1 Å². The normalized spacial score (nSPS) is 24.1. The highest BCUT2D eigenvalue weighted by molar-refractivity contribution is 7.86. The zero-order chi connectivity index (χ0) is 24.6. The average molecular weight is 470 g/mol. The third kappa shape index (κ3) is 9.47.